The first kappa shape index (κ1) is 14.5. The molecule has 0 bridgehead atoms. The van der Waals surface area contributed by atoms with E-state index in [2.05, 4.69) is 26.2 Å². The normalized spacial score (nSPS) is 11.9. The highest BCUT2D eigenvalue weighted by Crippen LogP contribution is 2.19. The molecule has 20 heavy (non-hydrogen) atoms. The van der Waals surface area contributed by atoms with Crippen LogP contribution in [0, 0.1) is 0 Å². The van der Waals surface area contributed by atoms with E-state index in [-0.39, 0.29) is 11.6 Å². The third-order valence-electron chi connectivity index (χ3n) is 2.85. The van der Waals surface area contributed by atoms with Crippen molar-refractivity contribution in [2.75, 3.05) is 5.32 Å². The van der Waals surface area contributed by atoms with Gasteiger partial charge in [0.25, 0.3) is 0 Å². The predicted octanol–water partition coefficient (Wildman–Crippen LogP) is 3.59. The first-order valence-corrected chi connectivity index (χ1v) is 7.05. The summed E-state index contributed by atoms with van der Waals surface area (Å²) in [7, 11) is 0. The molecule has 104 valence electrons. The molecule has 1 atom stereocenters. The molecule has 0 saturated heterocycles. The number of carboxylic acid groups (broad SMARTS) is 1. The molecule has 1 unspecified atom stereocenters. The molecule has 0 aliphatic carbocycles. The second-order valence-electron chi connectivity index (χ2n) is 4.59. The van der Waals surface area contributed by atoms with Gasteiger partial charge < -0.3 is 10.4 Å². The number of nitrogens with one attached hydrogen (secondary N) is 1. The Hall–Kier alpha value is -1.88. The van der Waals surface area contributed by atoms with Crippen LogP contribution >= 0.6 is 15.9 Å². The zero-order valence-electron chi connectivity index (χ0n) is 11.0. The van der Waals surface area contributed by atoms with Gasteiger partial charge in [-0.05, 0) is 40.9 Å². The Bertz CT molecular complexity index is 602. The molecule has 0 aliphatic heterocycles. The van der Waals surface area contributed by atoms with Gasteiger partial charge in [0.1, 0.15) is 11.4 Å². The molecule has 2 aromatic rings. The SMILES string of the molecule is CC(Cc1ccccc1)Nc1ncc(Br)cc1C(=O)O. The Morgan fingerprint density at radius 1 is 1.40 bits per heavy atom. The molecule has 0 spiro atoms. The molecule has 1 heterocycles. The molecule has 2 N–H and O–H groups in total. The minimum Gasteiger partial charge on any atom is -0.478 e. The molecule has 1 aromatic carbocycles. The van der Waals surface area contributed by atoms with Crippen LogP contribution in [0.3, 0.4) is 0 Å². The van der Waals surface area contributed by atoms with Gasteiger partial charge in [-0.3, -0.25) is 0 Å². The van der Waals surface area contributed by atoms with Crippen LogP contribution in [0.2, 0.25) is 0 Å². The van der Waals surface area contributed by atoms with Crippen LogP contribution in [-0.4, -0.2) is 22.1 Å². The van der Waals surface area contributed by atoms with Crippen LogP contribution < -0.4 is 5.32 Å². The topological polar surface area (TPSA) is 62.2 Å². The molecule has 4 nitrogen and oxygen atoms in total. The number of carboxylic acids is 1. The summed E-state index contributed by atoms with van der Waals surface area (Å²) in [4.78, 5) is 15.4. The van der Waals surface area contributed by atoms with Crippen molar-refractivity contribution in [3.05, 3.63) is 58.2 Å². The largest absolute Gasteiger partial charge is 0.478 e. The molecule has 1 aromatic heterocycles. The van der Waals surface area contributed by atoms with Gasteiger partial charge in [-0.1, -0.05) is 30.3 Å². The zero-order chi connectivity index (χ0) is 14.5. The van der Waals surface area contributed by atoms with Crippen LogP contribution in [0.25, 0.3) is 0 Å². The molecular formula is C15H15BrN2O2. The number of anilines is 1. The van der Waals surface area contributed by atoms with Gasteiger partial charge in [0, 0.05) is 16.7 Å². The number of halogens is 1. The lowest BCUT2D eigenvalue weighted by molar-refractivity contribution is 0.0697. The summed E-state index contributed by atoms with van der Waals surface area (Å²) in [5, 5.41) is 12.3. The number of aromatic carboxylic acids is 1. The van der Waals surface area contributed by atoms with E-state index in [1.807, 2.05) is 37.3 Å². The van der Waals surface area contributed by atoms with E-state index in [1.165, 1.54) is 5.56 Å². The lowest BCUT2D eigenvalue weighted by atomic mass is 10.1. The molecule has 2 rings (SSSR count). The highest BCUT2D eigenvalue weighted by molar-refractivity contribution is 9.10. The quantitative estimate of drug-likeness (QED) is 0.877. The standard InChI is InChI=1S/C15H15BrN2O2/c1-10(7-11-5-3-2-4-6-11)18-14-13(15(19)20)8-12(16)9-17-14/h2-6,8-10H,7H2,1H3,(H,17,18)(H,19,20). The molecule has 0 saturated carbocycles. The molecule has 0 fully saturated rings. The van der Waals surface area contributed by atoms with Crippen molar-refractivity contribution in [1.82, 2.24) is 4.98 Å². The third kappa shape index (κ3) is 3.81. The van der Waals surface area contributed by atoms with Crippen molar-refractivity contribution < 1.29 is 9.90 Å². The number of aromatic nitrogens is 1. The first-order valence-electron chi connectivity index (χ1n) is 6.25. The lowest BCUT2D eigenvalue weighted by Crippen LogP contribution is -2.20. The average Bonchev–Trinajstić information content (AvgIpc) is 2.41. The highest BCUT2D eigenvalue weighted by Gasteiger charge is 2.14. The maximum atomic E-state index is 11.2. The summed E-state index contributed by atoms with van der Waals surface area (Å²) < 4.78 is 0.649. The molecule has 5 heteroatoms. The fourth-order valence-electron chi connectivity index (χ4n) is 1.97. The fourth-order valence-corrected chi connectivity index (χ4v) is 2.30. The summed E-state index contributed by atoms with van der Waals surface area (Å²) in [5.74, 6) is -0.600. The minimum absolute atomic E-state index is 0.0872. The Morgan fingerprint density at radius 3 is 2.75 bits per heavy atom. The Morgan fingerprint density at radius 2 is 2.10 bits per heavy atom. The molecular weight excluding hydrogens is 320 g/mol. The monoisotopic (exact) mass is 334 g/mol. The highest BCUT2D eigenvalue weighted by atomic mass is 79.9. The molecule has 0 radical (unpaired) electrons. The van der Waals surface area contributed by atoms with Crippen LogP contribution in [0.4, 0.5) is 5.82 Å². The van der Waals surface area contributed by atoms with Gasteiger partial charge in [0.2, 0.25) is 0 Å². The van der Waals surface area contributed by atoms with Crippen LogP contribution in [-0.2, 0) is 6.42 Å². The second-order valence-corrected chi connectivity index (χ2v) is 5.51. The van der Waals surface area contributed by atoms with Crippen molar-refractivity contribution in [2.45, 2.75) is 19.4 Å². The van der Waals surface area contributed by atoms with Crippen molar-refractivity contribution >= 4 is 27.7 Å². The number of carbonyl (C=O) groups is 1. The second kappa shape index (κ2) is 6.52. The van der Waals surface area contributed by atoms with Gasteiger partial charge >= 0.3 is 5.97 Å². The molecule has 0 aliphatic rings. The Balaban J connectivity index is 2.11. The summed E-state index contributed by atoms with van der Waals surface area (Å²) in [5.41, 5.74) is 1.36. The Kier molecular flexibility index (Phi) is 4.74. The maximum absolute atomic E-state index is 11.2. The first-order chi connectivity index (χ1) is 9.56. The van der Waals surface area contributed by atoms with E-state index in [0.29, 0.717) is 10.3 Å². The van der Waals surface area contributed by atoms with Crippen LogP contribution in [0.1, 0.15) is 22.8 Å². The average molecular weight is 335 g/mol. The smallest absolute Gasteiger partial charge is 0.339 e. The van der Waals surface area contributed by atoms with Crippen molar-refractivity contribution in [3.63, 3.8) is 0 Å². The van der Waals surface area contributed by atoms with E-state index in [4.69, 9.17) is 0 Å². The van der Waals surface area contributed by atoms with Gasteiger partial charge in [-0.15, -0.1) is 0 Å². The van der Waals surface area contributed by atoms with Crippen LogP contribution in [0.5, 0.6) is 0 Å². The van der Waals surface area contributed by atoms with Gasteiger partial charge in [-0.25, -0.2) is 9.78 Å². The van der Waals surface area contributed by atoms with E-state index in [9.17, 15) is 9.90 Å². The van der Waals surface area contributed by atoms with Gasteiger partial charge in [-0.2, -0.15) is 0 Å². The van der Waals surface area contributed by atoms with Crippen molar-refractivity contribution in [3.8, 4) is 0 Å². The van der Waals surface area contributed by atoms with Gasteiger partial charge in [0.15, 0.2) is 0 Å². The number of hydrogen-bond donors (Lipinski definition) is 2. The predicted molar refractivity (Wildman–Crippen MR) is 82.1 cm³/mol. The van der Waals surface area contributed by atoms with E-state index in [1.54, 1.807) is 12.3 Å². The number of benzene rings is 1. The lowest BCUT2D eigenvalue weighted by Gasteiger charge is -2.16. The summed E-state index contributed by atoms with van der Waals surface area (Å²) >= 11 is 3.23. The van der Waals surface area contributed by atoms with E-state index >= 15 is 0 Å². The van der Waals surface area contributed by atoms with E-state index < -0.39 is 5.97 Å². The Labute approximate surface area is 126 Å². The van der Waals surface area contributed by atoms with Crippen LogP contribution in [0.15, 0.2) is 47.1 Å². The third-order valence-corrected chi connectivity index (χ3v) is 3.29. The van der Waals surface area contributed by atoms with Crippen molar-refractivity contribution in [2.24, 2.45) is 0 Å². The van der Waals surface area contributed by atoms with E-state index in [0.717, 1.165) is 6.42 Å². The number of rotatable bonds is 5. The van der Waals surface area contributed by atoms with Crippen molar-refractivity contribution in [1.29, 1.82) is 0 Å². The minimum atomic E-state index is -0.992. The maximum Gasteiger partial charge on any atom is 0.339 e. The fraction of sp³-hybridized carbons (Fsp3) is 0.200. The number of pyridine rings is 1. The summed E-state index contributed by atoms with van der Waals surface area (Å²) in [6, 6.07) is 11.7. The zero-order valence-corrected chi connectivity index (χ0v) is 12.6. The summed E-state index contributed by atoms with van der Waals surface area (Å²) in [6.45, 7) is 2.00. The molecule has 0 amide bonds. The number of hydrogen-bond acceptors (Lipinski definition) is 3. The number of nitrogens with zero attached hydrogens (tertiary/aromatic N) is 1. The van der Waals surface area contributed by atoms with Gasteiger partial charge in [0.05, 0.1) is 0 Å². The summed E-state index contributed by atoms with van der Waals surface area (Å²) in [6.07, 6.45) is 2.39.